The van der Waals surface area contributed by atoms with Crippen molar-refractivity contribution < 1.29 is 4.79 Å². The zero-order chi connectivity index (χ0) is 8.10. The first-order chi connectivity index (χ1) is 5.33. The number of carbonyl (C=O) groups is 1. The Morgan fingerprint density at radius 3 is 2.64 bits per heavy atom. The Bertz CT molecular complexity index is 157. The molecule has 0 radical (unpaired) electrons. The second kappa shape index (κ2) is 4.55. The van der Waals surface area contributed by atoms with Gasteiger partial charge in [-0.05, 0) is 12.0 Å². The number of rotatable bonds is 3. The second-order valence-corrected chi connectivity index (χ2v) is 3.37. The largest absolute Gasteiger partial charge is 0.295 e. The highest BCUT2D eigenvalue weighted by Crippen LogP contribution is 2.27. The maximum atomic E-state index is 11.0. The van der Waals surface area contributed by atoms with Gasteiger partial charge in [0, 0.05) is 12.0 Å². The standard InChI is InChI=1S/C9H13ClO/c10-6-5-9(11)7-8-3-1-2-4-8/h5-6,8H,1-4,7H2/b6-5+. The van der Waals surface area contributed by atoms with Crippen LogP contribution in [0.5, 0.6) is 0 Å². The number of hydrogen-bond acceptors (Lipinski definition) is 1. The molecule has 0 spiro atoms. The summed E-state index contributed by atoms with van der Waals surface area (Å²) in [4.78, 5) is 11.0. The predicted octanol–water partition coefficient (Wildman–Crippen LogP) is 2.89. The summed E-state index contributed by atoms with van der Waals surface area (Å²) >= 11 is 5.28. The normalized spacial score (nSPS) is 19.7. The highest BCUT2D eigenvalue weighted by molar-refractivity contribution is 6.26. The van der Waals surface area contributed by atoms with Gasteiger partial charge < -0.3 is 0 Å². The second-order valence-electron chi connectivity index (χ2n) is 3.11. The van der Waals surface area contributed by atoms with E-state index in [-0.39, 0.29) is 5.78 Å². The average molecular weight is 173 g/mol. The topological polar surface area (TPSA) is 17.1 Å². The van der Waals surface area contributed by atoms with Crippen molar-refractivity contribution in [3.8, 4) is 0 Å². The molecule has 0 unspecified atom stereocenters. The monoisotopic (exact) mass is 172 g/mol. The van der Waals surface area contributed by atoms with Gasteiger partial charge in [-0.25, -0.2) is 0 Å². The molecule has 0 amide bonds. The molecule has 1 nitrogen and oxygen atoms in total. The van der Waals surface area contributed by atoms with E-state index in [1.165, 1.54) is 37.3 Å². The Hall–Kier alpha value is -0.300. The van der Waals surface area contributed by atoms with Crippen LogP contribution < -0.4 is 0 Å². The minimum Gasteiger partial charge on any atom is -0.295 e. The lowest BCUT2D eigenvalue weighted by Crippen LogP contribution is -2.01. The molecular weight excluding hydrogens is 160 g/mol. The zero-order valence-corrected chi connectivity index (χ0v) is 7.31. The van der Waals surface area contributed by atoms with Crippen molar-refractivity contribution in [1.29, 1.82) is 0 Å². The average Bonchev–Trinajstić information content (AvgIpc) is 2.40. The number of halogens is 1. The predicted molar refractivity (Wildman–Crippen MR) is 46.6 cm³/mol. The molecular formula is C9H13ClO. The smallest absolute Gasteiger partial charge is 0.156 e. The highest BCUT2D eigenvalue weighted by atomic mass is 35.5. The van der Waals surface area contributed by atoms with Gasteiger partial charge in [-0.15, -0.1) is 0 Å². The summed E-state index contributed by atoms with van der Waals surface area (Å²) in [6.45, 7) is 0. The van der Waals surface area contributed by atoms with Crippen molar-refractivity contribution in [2.45, 2.75) is 32.1 Å². The lowest BCUT2D eigenvalue weighted by atomic mass is 10.0. The maximum Gasteiger partial charge on any atom is 0.156 e. The SMILES string of the molecule is O=C(/C=C/Cl)CC1CCCC1. The molecule has 0 saturated heterocycles. The first kappa shape index (κ1) is 8.79. The quantitative estimate of drug-likeness (QED) is 0.599. The molecule has 1 saturated carbocycles. The number of carbonyl (C=O) groups excluding carboxylic acids is 1. The van der Waals surface area contributed by atoms with Crippen molar-refractivity contribution >= 4 is 17.4 Å². The number of hydrogen-bond donors (Lipinski definition) is 0. The lowest BCUT2D eigenvalue weighted by molar-refractivity contribution is -0.115. The summed E-state index contributed by atoms with van der Waals surface area (Å²) in [5.41, 5.74) is 1.30. The molecule has 0 aliphatic heterocycles. The van der Waals surface area contributed by atoms with Crippen molar-refractivity contribution in [2.75, 3.05) is 0 Å². The Morgan fingerprint density at radius 1 is 1.45 bits per heavy atom. The van der Waals surface area contributed by atoms with Crippen LogP contribution in [0.25, 0.3) is 0 Å². The Labute approximate surface area is 72.4 Å². The minimum atomic E-state index is 0.173. The molecule has 1 rings (SSSR count). The lowest BCUT2D eigenvalue weighted by Gasteiger charge is -2.03. The fraction of sp³-hybridized carbons (Fsp3) is 0.667. The summed E-state index contributed by atoms with van der Waals surface area (Å²) in [7, 11) is 0. The van der Waals surface area contributed by atoms with Gasteiger partial charge in [-0.2, -0.15) is 0 Å². The van der Waals surface area contributed by atoms with Gasteiger partial charge in [-0.3, -0.25) is 4.79 Å². The van der Waals surface area contributed by atoms with E-state index in [4.69, 9.17) is 11.6 Å². The highest BCUT2D eigenvalue weighted by Gasteiger charge is 2.16. The Balaban J connectivity index is 2.23. The van der Waals surface area contributed by atoms with Crippen LogP contribution in [0.15, 0.2) is 11.6 Å². The third-order valence-electron chi connectivity index (χ3n) is 2.21. The summed E-state index contributed by atoms with van der Waals surface area (Å²) < 4.78 is 0. The van der Waals surface area contributed by atoms with Gasteiger partial charge in [-0.1, -0.05) is 37.3 Å². The van der Waals surface area contributed by atoms with Crippen molar-refractivity contribution in [3.05, 3.63) is 11.6 Å². The molecule has 0 atom stereocenters. The van der Waals surface area contributed by atoms with Crippen LogP contribution in [0, 0.1) is 5.92 Å². The fourth-order valence-corrected chi connectivity index (χ4v) is 1.78. The molecule has 1 fully saturated rings. The van der Waals surface area contributed by atoms with Gasteiger partial charge in [0.2, 0.25) is 0 Å². The molecule has 0 heterocycles. The van der Waals surface area contributed by atoms with Crippen molar-refractivity contribution in [2.24, 2.45) is 5.92 Å². The van der Waals surface area contributed by atoms with Crippen LogP contribution >= 0.6 is 11.6 Å². The van der Waals surface area contributed by atoms with Crippen LogP contribution in [0.3, 0.4) is 0 Å². The molecule has 0 aromatic heterocycles. The zero-order valence-electron chi connectivity index (χ0n) is 6.55. The number of ketones is 1. The van der Waals surface area contributed by atoms with Crippen LogP contribution in [-0.4, -0.2) is 5.78 Å². The minimum absolute atomic E-state index is 0.173. The van der Waals surface area contributed by atoms with E-state index in [9.17, 15) is 4.79 Å². The van der Waals surface area contributed by atoms with Gasteiger partial charge >= 0.3 is 0 Å². The first-order valence-corrected chi connectivity index (χ1v) is 4.56. The third kappa shape index (κ3) is 3.06. The summed E-state index contributed by atoms with van der Waals surface area (Å²) in [6.07, 6.45) is 7.19. The van der Waals surface area contributed by atoms with Crippen LogP contribution in [0.4, 0.5) is 0 Å². The van der Waals surface area contributed by atoms with Crippen LogP contribution in [0.2, 0.25) is 0 Å². The van der Waals surface area contributed by atoms with Crippen LogP contribution in [-0.2, 0) is 4.79 Å². The Kier molecular flexibility index (Phi) is 3.64. The molecule has 1 aliphatic carbocycles. The summed E-state index contributed by atoms with van der Waals surface area (Å²) in [5, 5.41) is 0. The molecule has 0 N–H and O–H groups in total. The first-order valence-electron chi connectivity index (χ1n) is 4.12. The molecule has 0 bridgehead atoms. The molecule has 62 valence electrons. The van der Waals surface area contributed by atoms with E-state index in [0.717, 1.165) is 0 Å². The van der Waals surface area contributed by atoms with Crippen LogP contribution in [0.1, 0.15) is 32.1 Å². The van der Waals surface area contributed by atoms with Crippen molar-refractivity contribution in [3.63, 3.8) is 0 Å². The van der Waals surface area contributed by atoms with E-state index in [2.05, 4.69) is 0 Å². The third-order valence-corrected chi connectivity index (χ3v) is 2.34. The van der Waals surface area contributed by atoms with Gasteiger partial charge in [0.25, 0.3) is 0 Å². The molecule has 11 heavy (non-hydrogen) atoms. The van der Waals surface area contributed by atoms with Gasteiger partial charge in [0.15, 0.2) is 5.78 Å². The summed E-state index contributed by atoms with van der Waals surface area (Å²) in [5.74, 6) is 0.808. The Morgan fingerprint density at radius 2 is 2.09 bits per heavy atom. The number of allylic oxidation sites excluding steroid dienone is 1. The van der Waals surface area contributed by atoms with E-state index in [1.54, 1.807) is 0 Å². The van der Waals surface area contributed by atoms with E-state index < -0.39 is 0 Å². The molecule has 0 aromatic carbocycles. The van der Waals surface area contributed by atoms with Gasteiger partial charge in [0.1, 0.15) is 0 Å². The molecule has 1 aliphatic rings. The summed E-state index contributed by atoms with van der Waals surface area (Å²) in [6, 6.07) is 0. The molecule has 0 aromatic rings. The fourth-order valence-electron chi connectivity index (χ4n) is 1.64. The van der Waals surface area contributed by atoms with E-state index in [0.29, 0.717) is 12.3 Å². The van der Waals surface area contributed by atoms with Gasteiger partial charge in [0.05, 0.1) is 0 Å². The van der Waals surface area contributed by atoms with E-state index in [1.807, 2.05) is 0 Å². The molecule has 2 heteroatoms. The maximum absolute atomic E-state index is 11.0. The van der Waals surface area contributed by atoms with E-state index >= 15 is 0 Å². The van der Waals surface area contributed by atoms with Crippen molar-refractivity contribution in [1.82, 2.24) is 0 Å².